The predicted molar refractivity (Wildman–Crippen MR) is 88.5 cm³/mol. The number of aryl methyl sites for hydroxylation is 1. The van der Waals surface area contributed by atoms with Crippen LogP contribution in [0.1, 0.15) is 42.7 Å². The first kappa shape index (κ1) is 15.6. The van der Waals surface area contributed by atoms with Gasteiger partial charge in [-0.1, -0.05) is 18.2 Å². The van der Waals surface area contributed by atoms with Crippen molar-refractivity contribution in [2.45, 2.75) is 37.6 Å². The lowest BCUT2D eigenvalue weighted by Gasteiger charge is -2.37. The van der Waals surface area contributed by atoms with Crippen molar-refractivity contribution in [1.82, 2.24) is 15.1 Å². The summed E-state index contributed by atoms with van der Waals surface area (Å²) >= 11 is 0. The number of aromatic nitrogens is 2. The van der Waals surface area contributed by atoms with E-state index in [1.807, 2.05) is 38.4 Å². The molecule has 0 aliphatic heterocycles. The van der Waals surface area contributed by atoms with E-state index >= 15 is 0 Å². The Balaban J connectivity index is 1.55. The third kappa shape index (κ3) is 3.23. The molecule has 5 nitrogen and oxygen atoms in total. The number of hydrogen-bond acceptors (Lipinski definition) is 3. The molecule has 0 spiro atoms. The van der Waals surface area contributed by atoms with Gasteiger partial charge in [-0.05, 0) is 37.3 Å². The van der Waals surface area contributed by atoms with Crippen LogP contribution in [0.15, 0.2) is 36.7 Å². The molecule has 0 saturated heterocycles. The van der Waals surface area contributed by atoms with Crippen LogP contribution >= 0.6 is 0 Å². The highest BCUT2D eigenvalue weighted by molar-refractivity contribution is 5.83. The number of nitrogens with zero attached hydrogens (tertiary/aromatic N) is 2. The van der Waals surface area contributed by atoms with Crippen LogP contribution in [0, 0.1) is 0 Å². The van der Waals surface area contributed by atoms with Crippen molar-refractivity contribution >= 4 is 5.91 Å². The van der Waals surface area contributed by atoms with Gasteiger partial charge >= 0.3 is 0 Å². The molecule has 122 valence electrons. The lowest BCUT2D eigenvalue weighted by Crippen LogP contribution is -2.44. The molecule has 1 aliphatic carbocycles. The van der Waals surface area contributed by atoms with Crippen LogP contribution in [-0.4, -0.2) is 28.8 Å². The van der Waals surface area contributed by atoms with Gasteiger partial charge in [0.05, 0.1) is 19.2 Å². The topological polar surface area (TPSA) is 56.1 Å². The molecule has 0 radical (unpaired) electrons. The average molecular weight is 313 g/mol. The molecule has 1 atom stereocenters. The summed E-state index contributed by atoms with van der Waals surface area (Å²) < 4.78 is 7.14. The Labute approximate surface area is 136 Å². The van der Waals surface area contributed by atoms with Crippen molar-refractivity contribution in [1.29, 1.82) is 0 Å². The molecule has 1 fully saturated rings. The van der Waals surface area contributed by atoms with Crippen LogP contribution < -0.4 is 10.1 Å². The SMILES string of the molecule is COc1ccccc1C1CC(NC(=O)C(C)c2cnn(C)c2)C1. The summed E-state index contributed by atoms with van der Waals surface area (Å²) in [7, 11) is 3.56. The number of para-hydroxylation sites is 1. The molecule has 1 unspecified atom stereocenters. The van der Waals surface area contributed by atoms with Gasteiger partial charge in [-0.3, -0.25) is 9.48 Å². The third-order valence-corrected chi connectivity index (χ3v) is 4.68. The van der Waals surface area contributed by atoms with E-state index in [1.54, 1.807) is 18.0 Å². The minimum Gasteiger partial charge on any atom is -0.496 e. The van der Waals surface area contributed by atoms with Gasteiger partial charge in [0.15, 0.2) is 0 Å². The van der Waals surface area contributed by atoms with Crippen LogP contribution in [0.25, 0.3) is 0 Å². The highest BCUT2D eigenvalue weighted by Gasteiger charge is 2.33. The van der Waals surface area contributed by atoms with E-state index < -0.39 is 0 Å². The number of carbonyl (C=O) groups is 1. The first-order valence-corrected chi connectivity index (χ1v) is 8.00. The zero-order valence-corrected chi connectivity index (χ0v) is 13.8. The number of methoxy groups -OCH3 is 1. The maximum absolute atomic E-state index is 12.3. The Kier molecular flexibility index (Phi) is 4.37. The smallest absolute Gasteiger partial charge is 0.227 e. The van der Waals surface area contributed by atoms with Gasteiger partial charge in [0.25, 0.3) is 0 Å². The van der Waals surface area contributed by atoms with Crippen molar-refractivity contribution in [3.63, 3.8) is 0 Å². The second kappa shape index (κ2) is 6.44. The Hall–Kier alpha value is -2.30. The van der Waals surface area contributed by atoms with Crippen LogP contribution in [0.3, 0.4) is 0 Å². The Morgan fingerprint density at radius 3 is 2.78 bits per heavy atom. The second-order valence-electron chi connectivity index (χ2n) is 6.28. The Morgan fingerprint density at radius 1 is 1.39 bits per heavy atom. The maximum atomic E-state index is 12.3. The summed E-state index contributed by atoms with van der Waals surface area (Å²) in [6.45, 7) is 1.92. The summed E-state index contributed by atoms with van der Waals surface area (Å²) in [5.74, 6) is 1.30. The van der Waals surface area contributed by atoms with E-state index in [4.69, 9.17) is 4.74 Å². The van der Waals surface area contributed by atoms with E-state index in [-0.39, 0.29) is 17.9 Å². The molecule has 1 aromatic carbocycles. The lowest BCUT2D eigenvalue weighted by atomic mass is 9.75. The van der Waals surface area contributed by atoms with Gasteiger partial charge < -0.3 is 10.1 Å². The molecule has 3 rings (SSSR count). The highest BCUT2D eigenvalue weighted by Crippen LogP contribution is 2.41. The highest BCUT2D eigenvalue weighted by atomic mass is 16.5. The minimum atomic E-state index is -0.172. The predicted octanol–water partition coefficient (Wildman–Crippen LogP) is 2.59. The van der Waals surface area contributed by atoms with Gasteiger partial charge in [0.1, 0.15) is 5.75 Å². The molecule has 5 heteroatoms. The van der Waals surface area contributed by atoms with E-state index in [2.05, 4.69) is 16.5 Å². The Bertz CT molecular complexity index is 689. The number of benzene rings is 1. The molecule has 1 amide bonds. The monoisotopic (exact) mass is 313 g/mol. The summed E-state index contributed by atoms with van der Waals surface area (Å²) in [6.07, 6.45) is 5.57. The number of nitrogens with one attached hydrogen (secondary N) is 1. The zero-order chi connectivity index (χ0) is 16.4. The molecule has 1 aromatic heterocycles. The molecule has 23 heavy (non-hydrogen) atoms. The van der Waals surface area contributed by atoms with Crippen molar-refractivity contribution < 1.29 is 9.53 Å². The zero-order valence-electron chi connectivity index (χ0n) is 13.8. The number of amides is 1. The molecular weight excluding hydrogens is 290 g/mol. The molecule has 0 bridgehead atoms. The first-order chi connectivity index (χ1) is 11.1. The molecule has 1 heterocycles. The second-order valence-corrected chi connectivity index (χ2v) is 6.28. The molecule has 1 aliphatic rings. The molecule has 2 aromatic rings. The van der Waals surface area contributed by atoms with Crippen LogP contribution in [0.5, 0.6) is 5.75 Å². The van der Waals surface area contributed by atoms with Crippen LogP contribution in [0.2, 0.25) is 0 Å². The average Bonchev–Trinajstić information content (AvgIpc) is 2.96. The minimum absolute atomic E-state index is 0.0708. The fourth-order valence-corrected chi connectivity index (χ4v) is 3.13. The number of rotatable bonds is 5. The van der Waals surface area contributed by atoms with Crippen molar-refractivity contribution in [3.8, 4) is 5.75 Å². The van der Waals surface area contributed by atoms with Gasteiger partial charge in [-0.15, -0.1) is 0 Å². The fraction of sp³-hybridized carbons (Fsp3) is 0.444. The first-order valence-electron chi connectivity index (χ1n) is 8.00. The van der Waals surface area contributed by atoms with Crippen molar-refractivity contribution in [2.24, 2.45) is 7.05 Å². The van der Waals surface area contributed by atoms with E-state index in [1.165, 1.54) is 5.56 Å². The third-order valence-electron chi connectivity index (χ3n) is 4.68. The molecular formula is C18H23N3O2. The fourth-order valence-electron chi connectivity index (χ4n) is 3.13. The normalized spacial score (nSPS) is 21.3. The van der Waals surface area contributed by atoms with Gasteiger partial charge in [-0.2, -0.15) is 5.10 Å². The van der Waals surface area contributed by atoms with Crippen LogP contribution in [-0.2, 0) is 11.8 Å². The van der Waals surface area contributed by atoms with Gasteiger partial charge in [0.2, 0.25) is 5.91 Å². The van der Waals surface area contributed by atoms with Crippen LogP contribution in [0.4, 0.5) is 0 Å². The summed E-state index contributed by atoms with van der Waals surface area (Å²) in [5.41, 5.74) is 2.19. The summed E-state index contributed by atoms with van der Waals surface area (Å²) in [6, 6.07) is 8.37. The maximum Gasteiger partial charge on any atom is 0.227 e. The van der Waals surface area contributed by atoms with Gasteiger partial charge in [0, 0.05) is 24.8 Å². The van der Waals surface area contributed by atoms with Crippen molar-refractivity contribution in [3.05, 3.63) is 47.8 Å². The van der Waals surface area contributed by atoms with E-state index in [0.29, 0.717) is 5.92 Å². The standard InChI is InChI=1S/C18H23N3O2/c1-12(14-10-19-21(2)11-14)18(22)20-15-8-13(9-15)16-6-4-5-7-17(16)23-3/h4-7,10-13,15H,8-9H2,1-3H3,(H,20,22). The summed E-state index contributed by atoms with van der Waals surface area (Å²) in [4.78, 5) is 12.3. The largest absolute Gasteiger partial charge is 0.496 e. The number of hydrogen-bond donors (Lipinski definition) is 1. The molecule has 1 N–H and O–H groups in total. The van der Waals surface area contributed by atoms with E-state index in [9.17, 15) is 4.79 Å². The Morgan fingerprint density at radius 2 is 2.13 bits per heavy atom. The quantitative estimate of drug-likeness (QED) is 0.923. The lowest BCUT2D eigenvalue weighted by molar-refractivity contribution is -0.123. The van der Waals surface area contributed by atoms with Crippen molar-refractivity contribution in [2.75, 3.05) is 7.11 Å². The van der Waals surface area contributed by atoms with Gasteiger partial charge in [-0.25, -0.2) is 0 Å². The summed E-state index contributed by atoms with van der Waals surface area (Å²) in [5, 5.41) is 7.27. The molecule has 1 saturated carbocycles. The number of ether oxygens (including phenoxy) is 1. The van der Waals surface area contributed by atoms with E-state index in [0.717, 1.165) is 24.2 Å². The number of carbonyl (C=O) groups excluding carboxylic acids is 1.